The summed E-state index contributed by atoms with van der Waals surface area (Å²) in [6, 6.07) is 18.2. The molecular formula is C25H26FN3O. The van der Waals surface area contributed by atoms with Crippen LogP contribution in [0.3, 0.4) is 0 Å². The monoisotopic (exact) mass is 403 g/mol. The fourth-order valence-corrected chi connectivity index (χ4v) is 3.70. The van der Waals surface area contributed by atoms with E-state index in [0.29, 0.717) is 19.0 Å². The average Bonchev–Trinajstić information content (AvgIpc) is 3.60. The maximum absolute atomic E-state index is 13.4. The minimum atomic E-state index is -0.266. The summed E-state index contributed by atoms with van der Waals surface area (Å²) in [5.41, 5.74) is 4.19. The van der Waals surface area contributed by atoms with Gasteiger partial charge in [0.1, 0.15) is 5.82 Å². The maximum atomic E-state index is 13.4. The Balaban J connectivity index is 1.56. The van der Waals surface area contributed by atoms with Gasteiger partial charge >= 0.3 is 6.03 Å². The Morgan fingerprint density at radius 1 is 1.10 bits per heavy atom. The number of hydrogen-bond donors (Lipinski definition) is 1. The molecular weight excluding hydrogens is 377 g/mol. The zero-order valence-electron chi connectivity index (χ0n) is 17.1. The van der Waals surface area contributed by atoms with E-state index in [1.54, 1.807) is 24.5 Å². The molecule has 1 aromatic heterocycles. The summed E-state index contributed by atoms with van der Waals surface area (Å²) in [4.78, 5) is 19.4. The van der Waals surface area contributed by atoms with Crippen LogP contribution in [0.1, 0.15) is 41.1 Å². The van der Waals surface area contributed by atoms with Gasteiger partial charge in [-0.05, 0) is 66.1 Å². The number of carbonyl (C=O) groups is 1. The Labute approximate surface area is 176 Å². The van der Waals surface area contributed by atoms with Crippen molar-refractivity contribution < 1.29 is 9.18 Å². The van der Waals surface area contributed by atoms with Crippen LogP contribution in [0.4, 0.5) is 9.18 Å². The number of urea groups is 1. The van der Waals surface area contributed by atoms with Crippen LogP contribution in [0.5, 0.6) is 0 Å². The van der Waals surface area contributed by atoms with E-state index in [9.17, 15) is 9.18 Å². The van der Waals surface area contributed by atoms with Gasteiger partial charge in [0.25, 0.3) is 0 Å². The van der Waals surface area contributed by atoms with Crippen molar-refractivity contribution in [1.29, 1.82) is 0 Å². The second-order valence-electron chi connectivity index (χ2n) is 7.96. The van der Waals surface area contributed by atoms with Gasteiger partial charge in [-0.3, -0.25) is 4.98 Å². The lowest BCUT2D eigenvalue weighted by molar-refractivity contribution is 0.186. The average molecular weight is 404 g/mol. The molecule has 0 bridgehead atoms. The van der Waals surface area contributed by atoms with E-state index in [1.165, 1.54) is 12.1 Å². The molecule has 1 fully saturated rings. The number of carbonyl (C=O) groups excluding carboxylic acids is 1. The summed E-state index contributed by atoms with van der Waals surface area (Å²) in [6.45, 7) is 3.03. The van der Waals surface area contributed by atoms with Crippen molar-refractivity contribution in [3.8, 4) is 0 Å². The van der Waals surface area contributed by atoms with Crippen LogP contribution in [-0.2, 0) is 13.1 Å². The predicted octanol–water partition coefficient (Wildman–Crippen LogP) is 5.39. The van der Waals surface area contributed by atoms with Crippen LogP contribution in [0, 0.1) is 18.7 Å². The van der Waals surface area contributed by atoms with E-state index < -0.39 is 0 Å². The quantitative estimate of drug-likeness (QED) is 0.575. The summed E-state index contributed by atoms with van der Waals surface area (Å²) >= 11 is 0. The van der Waals surface area contributed by atoms with Crippen LogP contribution < -0.4 is 5.32 Å². The largest absolute Gasteiger partial charge is 0.331 e. The Kier molecular flexibility index (Phi) is 6.07. The number of rotatable bonds is 7. The normalized spacial score (nSPS) is 14.2. The Morgan fingerprint density at radius 3 is 2.53 bits per heavy atom. The van der Waals surface area contributed by atoms with E-state index in [1.807, 2.05) is 29.2 Å². The number of nitrogens with zero attached hydrogens (tertiary/aromatic N) is 2. The van der Waals surface area contributed by atoms with Gasteiger partial charge in [-0.1, -0.05) is 42.5 Å². The standard InChI is InChI=1S/C25H26FN3O/c1-18-5-2-3-7-22(18)17-29(16-19-6-4-14-27-15-19)25(30)28-24(20-8-9-20)21-10-12-23(26)13-11-21/h2-7,10-15,20,24H,8-9,16-17H2,1H3,(H,28,30). The number of nitrogens with one attached hydrogen (secondary N) is 1. The molecule has 0 spiro atoms. The summed E-state index contributed by atoms with van der Waals surface area (Å²) in [7, 11) is 0. The van der Waals surface area contributed by atoms with Crippen LogP contribution in [0.15, 0.2) is 73.1 Å². The lowest BCUT2D eigenvalue weighted by atomic mass is 10.0. The topological polar surface area (TPSA) is 45.2 Å². The Morgan fingerprint density at radius 2 is 1.87 bits per heavy atom. The Hall–Kier alpha value is -3.21. The summed E-state index contributed by atoms with van der Waals surface area (Å²) in [5, 5.41) is 3.22. The van der Waals surface area contributed by atoms with Gasteiger partial charge in [-0.25, -0.2) is 9.18 Å². The number of pyridine rings is 1. The molecule has 1 saturated carbocycles. The molecule has 2 amide bonds. The zero-order valence-corrected chi connectivity index (χ0v) is 17.1. The van der Waals surface area contributed by atoms with Crippen molar-refractivity contribution in [1.82, 2.24) is 15.2 Å². The fraction of sp³-hybridized carbons (Fsp3) is 0.280. The van der Waals surface area contributed by atoms with E-state index >= 15 is 0 Å². The summed E-state index contributed by atoms with van der Waals surface area (Å²) in [6.07, 6.45) is 5.66. The molecule has 3 aromatic rings. The van der Waals surface area contributed by atoms with Crippen LogP contribution in [0.2, 0.25) is 0 Å². The SMILES string of the molecule is Cc1ccccc1CN(Cc1cccnc1)C(=O)NC(c1ccc(F)cc1)C1CC1. The van der Waals surface area contributed by atoms with Gasteiger partial charge in [0.15, 0.2) is 0 Å². The minimum absolute atomic E-state index is 0.105. The molecule has 1 unspecified atom stereocenters. The molecule has 1 atom stereocenters. The third kappa shape index (κ3) is 5.03. The highest BCUT2D eigenvalue weighted by Crippen LogP contribution is 2.41. The first-order chi connectivity index (χ1) is 14.6. The Bertz CT molecular complexity index is 987. The summed E-state index contributed by atoms with van der Waals surface area (Å²) < 4.78 is 13.4. The van der Waals surface area contributed by atoms with Crippen molar-refractivity contribution >= 4 is 6.03 Å². The number of hydrogen-bond acceptors (Lipinski definition) is 2. The number of halogens is 1. The highest BCUT2D eigenvalue weighted by Gasteiger charge is 2.34. The van der Waals surface area contributed by atoms with Gasteiger partial charge in [-0.15, -0.1) is 0 Å². The highest BCUT2D eigenvalue weighted by molar-refractivity contribution is 5.75. The van der Waals surface area contributed by atoms with E-state index in [0.717, 1.165) is 35.1 Å². The predicted molar refractivity (Wildman–Crippen MR) is 115 cm³/mol. The zero-order chi connectivity index (χ0) is 20.9. The van der Waals surface area contributed by atoms with Crippen molar-refractivity contribution in [3.05, 3.63) is 101 Å². The molecule has 154 valence electrons. The van der Waals surface area contributed by atoms with Crippen LogP contribution in [0.25, 0.3) is 0 Å². The molecule has 0 saturated heterocycles. The first-order valence-electron chi connectivity index (χ1n) is 10.3. The van der Waals surface area contributed by atoms with Gasteiger partial charge in [0.2, 0.25) is 0 Å². The first kappa shape index (κ1) is 20.1. The second kappa shape index (κ2) is 9.08. The van der Waals surface area contributed by atoms with Crippen molar-refractivity contribution in [2.24, 2.45) is 5.92 Å². The number of aromatic nitrogens is 1. The molecule has 5 heteroatoms. The van der Waals surface area contributed by atoms with Crippen LogP contribution >= 0.6 is 0 Å². The van der Waals surface area contributed by atoms with Gasteiger partial charge in [-0.2, -0.15) is 0 Å². The molecule has 30 heavy (non-hydrogen) atoms. The highest BCUT2D eigenvalue weighted by atomic mass is 19.1. The molecule has 1 N–H and O–H groups in total. The fourth-order valence-electron chi connectivity index (χ4n) is 3.70. The molecule has 0 radical (unpaired) electrons. The van der Waals surface area contributed by atoms with Crippen molar-refractivity contribution in [2.45, 2.75) is 38.9 Å². The van der Waals surface area contributed by atoms with E-state index in [4.69, 9.17) is 0 Å². The molecule has 2 aromatic carbocycles. The molecule has 1 aliphatic carbocycles. The number of aryl methyl sites for hydroxylation is 1. The van der Waals surface area contributed by atoms with Crippen molar-refractivity contribution in [2.75, 3.05) is 0 Å². The third-order valence-electron chi connectivity index (χ3n) is 5.61. The third-order valence-corrected chi connectivity index (χ3v) is 5.61. The maximum Gasteiger partial charge on any atom is 0.318 e. The van der Waals surface area contributed by atoms with Crippen molar-refractivity contribution in [3.63, 3.8) is 0 Å². The van der Waals surface area contributed by atoms with E-state index in [2.05, 4.69) is 29.4 Å². The lowest BCUT2D eigenvalue weighted by Gasteiger charge is -2.27. The van der Waals surface area contributed by atoms with Gasteiger partial charge < -0.3 is 10.2 Å². The summed E-state index contributed by atoms with van der Waals surface area (Å²) in [5.74, 6) is 0.135. The molecule has 0 aliphatic heterocycles. The van der Waals surface area contributed by atoms with Gasteiger partial charge in [0.05, 0.1) is 6.04 Å². The molecule has 4 rings (SSSR count). The van der Waals surface area contributed by atoms with Gasteiger partial charge in [0, 0.05) is 25.5 Å². The molecule has 4 nitrogen and oxygen atoms in total. The van der Waals surface area contributed by atoms with Crippen LogP contribution in [-0.4, -0.2) is 15.9 Å². The first-order valence-corrected chi connectivity index (χ1v) is 10.3. The second-order valence-corrected chi connectivity index (χ2v) is 7.96. The molecule has 1 heterocycles. The minimum Gasteiger partial charge on any atom is -0.331 e. The number of amides is 2. The molecule has 1 aliphatic rings. The van der Waals surface area contributed by atoms with E-state index in [-0.39, 0.29) is 17.9 Å². The smallest absolute Gasteiger partial charge is 0.318 e. The number of benzene rings is 2. The lowest BCUT2D eigenvalue weighted by Crippen LogP contribution is -2.41.